The molecule has 0 saturated carbocycles. The summed E-state index contributed by atoms with van der Waals surface area (Å²) in [6.45, 7) is 3.89. The maximum Gasteiger partial charge on any atom is 0.323 e. The molecular weight excluding hydrogens is 158 g/mol. The van der Waals surface area contributed by atoms with Gasteiger partial charge in [0.15, 0.2) is 0 Å². The van der Waals surface area contributed by atoms with Gasteiger partial charge in [-0.1, -0.05) is 6.58 Å². The van der Waals surface area contributed by atoms with Crippen molar-refractivity contribution >= 4 is 11.9 Å². The lowest BCUT2D eigenvalue weighted by Crippen LogP contribution is -2.40. The number of hydrogen-bond donors (Lipinski definition) is 1. The Balaban J connectivity index is 2.58. The summed E-state index contributed by atoms with van der Waals surface area (Å²) in [6.07, 6.45) is 1.51. The van der Waals surface area contributed by atoms with Crippen LogP contribution < -0.4 is 0 Å². The van der Waals surface area contributed by atoms with Crippen LogP contribution in [0.4, 0.5) is 0 Å². The molecule has 0 bridgehead atoms. The van der Waals surface area contributed by atoms with E-state index in [1.165, 1.54) is 4.90 Å². The van der Waals surface area contributed by atoms with Crippen LogP contribution in [0.25, 0.3) is 0 Å². The average Bonchev–Trinajstić information content (AvgIpc) is 1.98. The van der Waals surface area contributed by atoms with E-state index < -0.39 is 5.97 Å². The third-order valence-electron chi connectivity index (χ3n) is 1.82. The molecule has 0 radical (unpaired) electrons. The molecule has 12 heavy (non-hydrogen) atoms. The van der Waals surface area contributed by atoms with Crippen LogP contribution in [0.15, 0.2) is 12.2 Å². The number of amides is 1. The SMILES string of the molecule is C=C1CCCN(CC(=O)O)C1=O. The predicted octanol–water partition coefficient (Wildman–Crippen LogP) is 0.250. The van der Waals surface area contributed by atoms with Gasteiger partial charge in [-0.2, -0.15) is 0 Å². The third kappa shape index (κ3) is 1.84. The van der Waals surface area contributed by atoms with Crippen LogP contribution in [-0.4, -0.2) is 35.0 Å². The lowest BCUT2D eigenvalue weighted by molar-refractivity contribution is -0.143. The van der Waals surface area contributed by atoms with Gasteiger partial charge in [0.1, 0.15) is 6.54 Å². The Bertz CT molecular complexity index is 234. The van der Waals surface area contributed by atoms with E-state index in [1.54, 1.807) is 0 Å². The van der Waals surface area contributed by atoms with Crippen LogP contribution in [0, 0.1) is 0 Å². The van der Waals surface area contributed by atoms with E-state index in [4.69, 9.17) is 5.11 Å². The van der Waals surface area contributed by atoms with Crippen molar-refractivity contribution in [3.63, 3.8) is 0 Å². The van der Waals surface area contributed by atoms with Crippen molar-refractivity contribution in [1.29, 1.82) is 0 Å². The van der Waals surface area contributed by atoms with Crippen LogP contribution in [0.1, 0.15) is 12.8 Å². The van der Waals surface area contributed by atoms with Gasteiger partial charge in [-0.15, -0.1) is 0 Å². The second-order valence-corrected chi connectivity index (χ2v) is 2.83. The zero-order valence-electron chi connectivity index (χ0n) is 6.75. The zero-order valence-corrected chi connectivity index (χ0v) is 6.75. The smallest absolute Gasteiger partial charge is 0.323 e. The fourth-order valence-electron chi connectivity index (χ4n) is 1.23. The molecule has 1 N–H and O–H groups in total. The van der Waals surface area contributed by atoms with Gasteiger partial charge in [0.2, 0.25) is 5.91 Å². The Hall–Kier alpha value is -1.32. The molecule has 4 nitrogen and oxygen atoms in total. The first-order valence-electron chi connectivity index (χ1n) is 3.80. The summed E-state index contributed by atoms with van der Waals surface area (Å²) in [5, 5.41) is 8.45. The molecule has 1 fully saturated rings. The van der Waals surface area contributed by atoms with Crippen molar-refractivity contribution in [2.45, 2.75) is 12.8 Å². The number of aliphatic carboxylic acids is 1. The Kier molecular flexibility index (Phi) is 2.47. The summed E-state index contributed by atoms with van der Waals surface area (Å²) in [7, 11) is 0. The minimum atomic E-state index is -0.974. The van der Waals surface area contributed by atoms with E-state index in [9.17, 15) is 9.59 Å². The van der Waals surface area contributed by atoms with Gasteiger partial charge < -0.3 is 10.0 Å². The van der Waals surface area contributed by atoms with Crippen LogP contribution in [0.2, 0.25) is 0 Å². The van der Waals surface area contributed by atoms with Crippen molar-refractivity contribution in [3.8, 4) is 0 Å². The second kappa shape index (κ2) is 3.38. The molecule has 0 spiro atoms. The topological polar surface area (TPSA) is 57.6 Å². The normalized spacial score (nSPS) is 18.2. The second-order valence-electron chi connectivity index (χ2n) is 2.83. The summed E-state index contributed by atoms with van der Waals surface area (Å²) in [6, 6.07) is 0. The first-order valence-corrected chi connectivity index (χ1v) is 3.80. The number of rotatable bonds is 2. The van der Waals surface area contributed by atoms with Crippen LogP contribution in [-0.2, 0) is 9.59 Å². The largest absolute Gasteiger partial charge is 0.480 e. The summed E-state index contributed by atoms with van der Waals surface area (Å²) in [4.78, 5) is 22.8. The monoisotopic (exact) mass is 169 g/mol. The van der Waals surface area contributed by atoms with E-state index in [0.29, 0.717) is 18.5 Å². The molecule has 0 atom stereocenters. The molecule has 1 aliphatic heterocycles. The Labute approximate surface area is 70.5 Å². The minimum Gasteiger partial charge on any atom is -0.480 e. The fourth-order valence-corrected chi connectivity index (χ4v) is 1.23. The van der Waals surface area contributed by atoms with Gasteiger partial charge >= 0.3 is 5.97 Å². The van der Waals surface area contributed by atoms with Crippen molar-refractivity contribution < 1.29 is 14.7 Å². The Morgan fingerprint density at radius 1 is 1.67 bits per heavy atom. The molecule has 1 heterocycles. The summed E-state index contributed by atoms with van der Waals surface area (Å²) >= 11 is 0. The van der Waals surface area contributed by atoms with Crippen molar-refractivity contribution in [2.24, 2.45) is 0 Å². The number of hydrogen-bond acceptors (Lipinski definition) is 2. The van der Waals surface area contributed by atoms with Crippen LogP contribution >= 0.6 is 0 Å². The highest BCUT2D eigenvalue weighted by Crippen LogP contribution is 2.14. The number of likely N-dealkylation sites (tertiary alicyclic amines) is 1. The molecule has 1 rings (SSSR count). The summed E-state index contributed by atoms with van der Waals surface area (Å²) in [5.41, 5.74) is 0.516. The minimum absolute atomic E-state index is 0.210. The molecule has 1 amide bonds. The number of carboxylic acids is 1. The Morgan fingerprint density at radius 3 is 2.92 bits per heavy atom. The van der Waals surface area contributed by atoms with E-state index in [-0.39, 0.29) is 12.5 Å². The van der Waals surface area contributed by atoms with E-state index in [1.807, 2.05) is 0 Å². The van der Waals surface area contributed by atoms with Gasteiger partial charge in [-0.05, 0) is 12.8 Å². The molecule has 4 heteroatoms. The van der Waals surface area contributed by atoms with Crippen molar-refractivity contribution in [2.75, 3.05) is 13.1 Å². The number of carboxylic acid groups (broad SMARTS) is 1. The number of nitrogens with zero attached hydrogens (tertiary/aromatic N) is 1. The average molecular weight is 169 g/mol. The number of carbonyl (C=O) groups is 2. The van der Waals surface area contributed by atoms with Crippen molar-refractivity contribution in [3.05, 3.63) is 12.2 Å². The third-order valence-corrected chi connectivity index (χ3v) is 1.82. The lowest BCUT2D eigenvalue weighted by Gasteiger charge is -2.26. The summed E-state index contributed by atoms with van der Waals surface area (Å²) < 4.78 is 0. The lowest BCUT2D eigenvalue weighted by atomic mass is 10.1. The molecule has 1 saturated heterocycles. The number of piperidine rings is 1. The van der Waals surface area contributed by atoms with Gasteiger partial charge in [-0.3, -0.25) is 9.59 Å². The van der Waals surface area contributed by atoms with Crippen LogP contribution in [0.3, 0.4) is 0 Å². The highest BCUT2D eigenvalue weighted by atomic mass is 16.4. The van der Waals surface area contributed by atoms with E-state index in [0.717, 1.165) is 6.42 Å². The van der Waals surface area contributed by atoms with Gasteiger partial charge in [-0.25, -0.2) is 0 Å². The predicted molar refractivity (Wildman–Crippen MR) is 42.6 cm³/mol. The molecule has 0 aliphatic carbocycles. The van der Waals surface area contributed by atoms with Gasteiger partial charge in [0.05, 0.1) is 0 Å². The van der Waals surface area contributed by atoms with Crippen molar-refractivity contribution in [1.82, 2.24) is 4.90 Å². The van der Waals surface area contributed by atoms with Crippen LogP contribution in [0.5, 0.6) is 0 Å². The first-order chi connectivity index (χ1) is 5.61. The van der Waals surface area contributed by atoms with E-state index in [2.05, 4.69) is 6.58 Å². The highest BCUT2D eigenvalue weighted by Gasteiger charge is 2.22. The Morgan fingerprint density at radius 2 is 2.33 bits per heavy atom. The quantitative estimate of drug-likeness (QED) is 0.603. The first kappa shape index (κ1) is 8.77. The summed E-state index contributed by atoms with van der Waals surface area (Å²) in [5.74, 6) is -1.19. The molecule has 0 aromatic rings. The molecular formula is C8H11NO3. The van der Waals surface area contributed by atoms with E-state index >= 15 is 0 Å². The highest BCUT2D eigenvalue weighted by molar-refractivity contribution is 5.95. The molecule has 0 aromatic heterocycles. The molecule has 0 unspecified atom stereocenters. The maximum absolute atomic E-state index is 11.2. The maximum atomic E-state index is 11.2. The fraction of sp³-hybridized carbons (Fsp3) is 0.500. The number of carbonyl (C=O) groups excluding carboxylic acids is 1. The molecule has 0 aromatic carbocycles. The van der Waals surface area contributed by atoms with Gasteiger partial charge in [0.25, 0.3) is 0 Å². The zero-order chi connectivity index (χ0) is 9.14. The van der Waals surface area contributed by atoms with Gasteiger partial charge in [0, 0.05) is 12.1 Å². The molecule has 1 aliphatic rings. The standard InChI is InChI=1S/C8H11NO3/c1-6-3-2-4-9(8(6)12)5-7(10)11/h1-5H2,(H,10,11). The molecule has 66 valence electrons.